The summed E-state index contributed by atoms with van der Waals surface area (Å²) < 4.78 is 1.29. The summed E-state index contributed by atoms with van der Waals surface area (Å²) in [5.41, 5.74) is 3.09. The second-order valence-electron chi connectivity index (χ2n) is 4.17. The molecule has 1 aliphatic rings. The molecule has 0 aliphatic heterocycles. The van der Waals surface area contributed by atoms with Gasteiger partial charge in [0.05, 0.1) is 0 Å². The SMILES string of the molecule is C=C(I)[C@@H](C)C1Cc2ccccc2C1. The van der Waals surface area contributed by atoms with Gasteiger partial charge in [0.25, 0.3) is 0 Å². The summed E-state index contributed by atoms with van der Waals surface area (Å²) in [7, 11) is 0. The Morgan fingerprint density at radius 2 is 1.86 bits per heavy atom. The van der Waals surface area contributed by atoms with Gasteiger partial charge in [0.1, 0.15) is 0 Å². The first-order chi connectivity index (χ1) is 6.68. The van der Waals surface area contributed by atoms with Crippen LogP contribution in [0, 0.1) is 11.8 Å². The van der Waals surface area contributed by atoms with E-state index >= 15 is 0 Å². The fourth-order valence-corrected chi connectivity index (χ4v) is 2.71. The lowest BCUT2D eigenvalue weighted by molar-refractivity contribution is 0.441. The second-order valence-corrected chi connectivity index (χ2v) is 5.56. The molecule has 74 valence electrons. The molecule has 14 heavy (non-hydrogen) atoms. The first kappa shape index (κ1) is 10.2. The van der Waals surface area contributed by atoms with E-state index in [1.54, 1.807) is 11.1 Å². The largest absolute Gasteiger partial charge is 0.0894 e. The first-order valence-electron chi connectivity index (χ1n) is 5.09. The lowest BCUT2D eigenvalue weighted by Crippen LogP contribution is -2.11. The third-order valence-electron chi connectivity index (χ3n) is 3.28. The Morgan fingerprint density at radius 3 is 2.29 bits per heavy atom. The molecule has 1 aromatic rings. The highest BCUT2D eigenvalue weighted by Gasteiger charge is 2.26. The lowest BCUT2D eigenvalue weighted by Gasteiger charge is -2.17. The van der Waals surface area contributed by atoms with Crippen LogP contribution in [-0.2, 0) is 12.8 Å². The summed E-state index contributed by atoms with van der Waals surface area (Å²) in [4.78, 5) is 0. The van der Waals surface area contributed by atoms with E-state index in [0.29, 0.717) is 5.92 Å². The van der Waals surface area contributed by atoms with Crippen molar-refractivity contribution in [3.63, 3.8) is 0 Å². The van der Waals surface area contributed by atoms with Crippen LogP contribution in [0.2, 0.25) is 0 Å². The zero-order valence-corrected chi connectivity index (χ0v) is 10.6. The molecule has 0 unspecified atom stereocenters. The Labute approximate surface area is 99.6 Å². The molecule has 0 heterocycles. The molecule has 0 amide bonds. The molecule has 2 rings (SSSR count). The van der Waals surface area contributed by atoms with Crippen LogP contribution >= 0.6 is 22.6 Å². The van der Waals surface area contributed by atoms with Crippen molar-refractivity contribution in [2.24, 2.45) is 11.8 Å². The molecule has 1 aliphatic carbocycles. The van der Waals surface area contributed by atoms with E-state index in [2.05, 4.69) is 60.4 Å². The number of hydrogen-bond donors (Lipinski definition) is 0. The first-order valence-corrected chi connectivity index (χ1v) is 6.17. The van der Waals surface area contributed by atoms with Crippen molar-refractivity contribution >= 4 is 22.6 Å². The van der Waals surface area contributed by atoms with Gasteiger partial charge in [-0.3, -0.25) is 0 Å². The average Bonchev–Trinajstić information content (AvgIpc) is 2.59. The number of halogens is 1. The Kier molecular flexibility index (Phi) is 2.96. The topological polar surface area (TPSA) is 0 Å². The summed E-state index contributed by atoms with van der Waals surface area (Å²) >= 11 is 2.36. The predicted octanol–water partition coefficient (Wildman–Crippen LogP) is 3.99. The summed E-state index contributed by atoms with van der Waals surface area (Å²) in [5, 5.41) is 0. The van der Waals surface area contributed by atoms with Crippen molar-refractivity contribution in [1.82, 2.24) is 0 Å². The highest BCUT2D eigenvalue weighted by Crippen LogP contribution is 2.35. The minimum Gasteiger partial charge on any atom is -0.0894 e. The van der Waals surface area contributed by atoms with E-state index in [1.807, 2.05) is 0 Å². The van der Waals surface area contributed by atoms with Crippen LogP contribution in [0.1, 0.15) is 18.1 Å². The number of allylic oxidation sites excluding steroid dienone is 1. The number of rotatable bonds is 2. The fourth-order valence-electron chi connectivity index (χ4n) is 2.20. The molecule has 0 radical (unpaired) electrons. The molecule has 1 atom stereocenters. The quantitative estimate of drug-likeness (QED) is 0.724. The lowest BCUT2D eigenvalue weighted by atomic mass is 9.91. The normalized spacial score (nSPS) is 17.9. The zero-order chi connectivity index (χ0) is 10.1. The summed E-state index contributed by atoms with van der Waals surface area (Å²) in [6.07, 6.45) is 2.47. The van der Waals surface area contributed by atoms with Gasteiger partial charge in [-0.25, -0.2) is 0 Å². The maximum atomic E-state index is 4.05. The van der Waals surface area contributed by atoms with Crippen LogP contribution in [0.4, 0.5) is 0 Å². The molecule has 0 aromatic heterocycles. The maximum absolute atomic E-state index is 4.05. The monoisotopic (exact) mass is 298 g/mol. The van der Waals surface area contributed by atoms with Gasteiger partial charge < -0.3 is 0 Å². The zero-order valence-electron chi connectivity index (χ0n) is 8.46. The molecule has 0 N–H and O–H groups in total. The van der Waals surface area contributed by atoms with Crippen molar-refractivity contribution in [2.75, 3.05) is 0 Å². The van der Waals surface area contributed by atoms with E-state index in [0.717, 1.165) is 5.92 Å². The van der Waals surface area contributed by atoms with Crippen molar-refractivity contribution in [1.29, 1.82) is 0 Å². The summed E-state index contributed by atoms with van der Waals surface area (Å²) in [5.74, 6) is 1.42. The smallest absolute Gasteiger partial charge is 0.0103 e. The van der Waals surface area contributed by atoms with Gasteiger partial charge in [0, 0.05) is 0 Å². The van der Waals surface area contributed by atoms with E-state index in [1.165, 1.54) is 16.4 Å². The Balaban J connectivity index is 2.15. The van der Waals surface area contributed by atoms with Gasteiger partial charge in [-0.1, -0.05) is 37.8 Å². The molecule has 0 saturated heterocycles. The highest BCUT2D eigenvalue weighted by atomic mass is 127. The standard InChI is InChI=1S/C13H15I/c1-9(10(2)14)13-7-11-5-3-4-6-12(11)8-13/h3-6,9,13H,2,7-8H2,1H3/t9-/m1/s1. The Hall–Kier alpha value is -0.310. The molecule has 0 saturated carbocycles. The van der Waals surface area contributed by atoms with Crippen LogP contribution in [0.15, 0.2) is 34.4 Å². The average molecular weight is 298 g/mol. The Morgan fingerprint density at radius 1 is 1.36 bits per heavy atom. The van der Waals surface area contributed by atoms with Gasteiger partial charge >= 0.3 is 0 Å². The van der Waals surface area contributed by atoms with Crippen molar-refractivity contribution in [3.8, 4) is 0 Å². The molecule has 0 spiro atoms. The molecular formula is C13H15I. The number of hydrogen-bond acceptors (Lipinski definition) is 0. The van der Waals surface area contributed by atoms with E-state index < -0.39 is 0 Å². The van der Waals surface area contributed by atoms with E-state index in [-0.39, 0.29) is 0 Å². The van der Waals surface area contributed by atoms with Gasteiger partial charge in [-0.05, 0) is 62.0 Å². The molecule has 1 aromatic carbocycles. The molecule has 1 heteroatoms. The maximum Gasteiger partial charge on any atom is -0.0103 e. The van der Waals surface area contributed by atoms with Crippen LogP contribution in [0.25, 0.3) is 0 Å². The van der Waals surface area contributed by atoms with Crippen molar-refractivity contribution < 1.29 is 0 Å². The molecule has 0 fully saturated rings. The minimum absolute atomic E-state index is 0.642. The van der Waals surface area contributed by atoms with Crippen LogP contribution < -0.4 is 0 Å². The molecule has 0 nitrogen and oxygen atoms in total. The number of fused-ring (bicyclic) bond motifs is 1. The van der Waals surface area contributed by atoms with Gasteiger partial charge in [0.15, 0.2) is 0 Å². The van der Waals surface area contributed by atoms with E-state index in [4.69, 9.17) is 0 Å². The molecule has 0 bridgehead atoms. The second kappa shape index (κ2) is 4.05. The van der Waals surface area contributed by atoms with Gasteiger partial charge in [-0.15, -0.1) is 0 Å². The minimum atomic E-state index is 0.642. The Bertz CT molecular complexity index is 329. The fraction of sp³-hybridized carbons (Fsp3) is 0.385. The van der Waals surface area contributed by atoms with Crippen LogP contribution in [-0.4, -0.2) is 0 Å². The van der Waals surface area contributed by atoms with E-state index in [9.17, 15) is 0 Å². The summed E-state index contributed by atoms with van der Waals surface area (Å²) in [6, 6.07) is 8.81. The van der Waals surface area contributed by atoms with Gasteiger partial charge in [-0.2, -0.15) is 0 Å². The van der Waals surface area contributed by atoms with Crippen LogP contribution in [0.5, 0.6) is 0 Å². The third kappa shape index (κ3) is 1.88. The van der Waals surface area contributed by atoms with Crippen molar-refractivity contribution in [3.05, 3.63) is 45.6 Å². The van der Waals surface area contributed by atoms with Crippen molar-refractivity contribution in [2.45, 2.75) is 19.8 Å². The highest BCUT2D eigenvalue weighted by molar-refractivity contribution is 14.1. The third-order valence-corrected chi connectivity index (χ3v) is 4.27. The van der Waals surface area contributed by atoms with Crippen LogP contribution in [0.3, 0.4) is 0 Å². The molecular weight excluding hydrogens is 283 g/mol. The summed E-state index contributed by atoms with van der Waals surface area (Å²) in [6.45, 7) is 6.35. The predicted molar refractivity (Wildman–Crippen MR) is 69.7 cm³/mol. The van der Waals surface area contributed by atoms with Gasteiger partial charge in [0.2, 0.25) is 0 Å². The number of benzene rings is 1.